The number of anilines is 3. The Labute approximate surface area is 227 Å². The molecule has 0 atom stereocenters. The lowest BCUT2D eigenvalue weighted by Crippen LogP contribution is -2.44. The Morgan fingerprint density at radius 1 is 1.00 bits per heavy atom. The fourth-order valence-corrected chi connectivity index (χ4v) is 4.01. The third-order valence-electron chi connectivity index (χ3n) is 6.08. The van der Waals surface area contributed by atoms with Crippen LogP contribution >= 0.6 is 11.6 Å². The van der Waals surface area contributed by atoms with E-state index in [2.05, 4.69) is 42.8 Å². The van der Waals surface area contributed by atoms with Crippen molar-refractivity contribution in [1.82, 2.24) is 20.2 Å². The van der Waals surface area contributed by atoms with Crippen molar-refractivity contribution < 1.29 is 14.3 Å². The normalized spacial score (nSPS) is 13.6. The molecule has 200 valence electrons. The van der Waals surface area contributed by atoms with E-state index in [1.807, 2.05) is 25.1 Å². The SMILES string of the molecule is Cc1cnc(NC(=O)Nc2ccc(N3CCN(C)CC3)cc2OCCCNC(=O)c2ccc(Cl)cc2)cn1. The molecule has 1 aliphatic heterocycles. The number of ether oxygens (including phenoxy) is 1. The first-order valence-corrected chi connectivity index (χ1v) is 12.9. The zero-order valence-electron chi connectivity index (χ0n) is 21.5. The van der Waals surface area contributed by atoms with Crippen molar-refractivity contribution in [2.24, 2.45) is 0 Å². The predicted octanol–water partition coefficient (Wildman–Crippen LogP) is 4.03. The van der Waals surface area contributed by atoms with E-state index in [-0.39, 0.29) is 5.91 Å². The van der Waals surface area contributed by atoms with E-state index in [0.717, 1.165) is 37.6 Å². The molecular formula is C27H32ClN7O3. The topological polar surface area (TPSA) is 112 Å². The van der Waals surface area contributed by atoms with Gasteiger partial charge in [0.15, 0.2) is 5.82 Å². The highest BCUT2D eigenvalue weighted by Crippen LogP contribution is 2.31. The third kappa shape index (κ3) is 7.80. The Hall–Kier alpha value is -3.89. The summed E-state index contributed by atoms with van der Waals surface area (Å²) >= 11 is 5.89. The van der Waals surface area contributed by atoms with Gasteiger partial charge in [0.1, 0.15) is 5.75 Å². The summed E-state index contributed by atoms with van der Waals surface area (Å²) in [5.74, 6) is 0.730. The van der Waals surface area contributed by atoms with Gasteiger partial charge in [-0.2, -0.15) is 0 Å². The summed E-state index contributed by atoms with van der Waals surface area (Å²) in [6.07, 6.45) is 3.67. The minimum atomic E-state index is -0.449. The van der Waals surface area contributed by atoms with E-state index in [4.69, 9.17) is 16.3 Å². The van der Waals surface area contributed by atoms with Gasteiger partial charge in [-0.3, -0.25) is 15.1 Å². The van der Waals surface area contributed by atoms with Crippen LogP contribution in [0.2, 0.25) is 5.02 Å². The number of aryl methyl sites for hydroxylation is 1. The van der Waals surface area contributed by atoms with Crippen molar-refractivity contribution >= 4 is 40.7 Å². The summed E-state index contributed by atoms with van der Waals surface area (Å²) in [5, 5.41) is 9.00. The number of carbonyl (C=O) groups excluding carboxylic acids is 2. The number of likely N-dealkylation sites (N-methyl/N-ethyl adjacent to an activating group) is 1. The highest BCUT2D eigenvalue weighted by Gasteiger charge is 2.17. The molecule has 10 nitrogen and oxygen atoms in total. The van der Waals surface area contributed by atoms with Crippen molar-refractivity contribution in [2.75, 3.05) is 61.9 Å². The van der Waals surface area contributed by atoms with Crippen LogP contribution in [0.5, 0.6) is 5.75 Å². The number of nitrogens with one attached hydrogen (secondary N) is 3. The van der Waals surface area contributed by atoms with Gasteiger partial charge in [0, 0.05) is 55.1 Å². The zero-order chi connectivity index (χ0) is 26.9. The van der Waals surface area contributed by atoms with Crippen molar-refractivity contribution in [1.29, 1.82) is 0 Å². The number of aromatic nitrogens is 2. The number of benzene rings is 2. The molecule has 0 saturated carbocycles. The van der Waals surface area contributed by atoms with Gasteiger partial charge in [0.05, 0.1) is 30.4 Å². The van der Waals surface area contributed by atoms with E-state index in [1.54, 1.807) is 30.5 Å². The minimum absolute atomic E-state index is 0.169. The summed E-state index contributed by atoms with van der Waals surface area (Å²) in [7, 11) is 2.11. The number of hydrogen-bond acceptors (Lipinski definition) is 7. The third-order valence-corrected chi connectivity index (χ3v) is 6.33. The average molecular weight is 538 g/mol. The molecule has 1 saturated heterocycles. The van der Waals surface area contributed by atoms with E-state index >= 15 is 0 Å². The molecule has 38 heavy (non-hydrogen) atoms. The van der Waals surface area contributed by atoms with Crippen molar-refractivity contribution in [3.05, 3.63) is 71.1 Å². The Bertz CT molecular complexity index is 1230. The molecule has 3 aromatic rings. The monoisotopic (exact) mass is 537 g/mol. The molecule has 0 spiro atoms. The molecule has 0 aliphatic carbocycles. The lowest BCUT2D eigenvalue weighted by Gasteiger charge is -2.34. The summed E-state index contributed by atoms with van der Waals surface area (Å²) in [5.41, 5.74) is 2.87. The molecule has 4 rings (SSSR count). The van der Waals surface area contributed by atoms with Crippen LogP contribution in [-0.2, 0) is 0 Å². The molecule has 1 aromatic heterocycles. The second-order valence-electron chi connectivity index (χ2n) is 9.06. The van der Waals surface area contributed by atoms with Gasteiger partial charge >= 0.3 is 6.03 Å². The summed E-state index contributed by atoms with van der Waals surface area (Å²) in [6.45, 7) is 6.39. The van der Waals surface area contributed by atoms with Gasteiger partial charge in [-0.05, 0) is 56.8 Å². The fourth-order valence-electron chi connectivity index (χ4n) is 3.88. The molecule has 0 radical (unpaired) electrons. The van der Waals surface area contributed by atoms with Gasteiger partial charge in [-0.25, -0.2) is 9.78 Å². The number of piperazine rings is 1. The lowest BCUT2D eigenvalue weighted by molar-refractivity contribution is 0.0951. The Morgan fingerprint density at radius 2 is 1.76 bits per heavy atom. The van der Waals surface area contributed by atoms with Gasteiger partial charge < -0.3 is 25.2 Å². The number of nitrogens with zero attached hydrogens (tertiary/aromatic N) is 4. The number of urea groups is 1. The minimum Gasteiger partial charge on any atom is -0.491 e. The smallest absolute Gasteiger partial charge is 0.324 e. The Kier molecular flexibility index (Phi) is 9.34. The molecule has 2 aromatic carbocycles. The van der Waals surface area contributed by atoms with Crippen LogP contribution in [-0.4, -0.2) is 73.2 Å². The molecule has 3 amide bonds. The highest BCUT2D eigenvalue weighted by molar-refractivity contribution is 6.30. The largest absolute Gasteiger partial charge is 0.491 e. The van der Waals surface area contributed by atoms with Crippen LogP contribution in [0.15, 0.2) is 54.9 Å². The number of amides is 3. The number of hydrogen-bond donors (Lipinski definition) is 3. The fraction of sp³-hybridized carbons (Fsp3) is 0.333. The second-order valence-corrected chi connectivity index (χ2v) is 9.49. The zero-order valence-corrected chi connectivity index (χ0v) is 22.3. The molecule has 0 unspecified atom stereocenters. The van der Waals surface area contributed by atoms with Crippen LogP contribution < -0.4 is 25.6 Å². The van der Waals surface area contributed by atoms with E-state index < -0.39 is 6.03 Å². The van der Waals surface area contributed by atoms with E-state index in [9.17, 15) is 9.59 Å². The summed E-state index contributed by atoms with van der Waals surface area (Å²) < 4.78 is 6.08. The summed E-state index contributed by atoms with van der Waals surface area (Å²) in [6, 6.07) is 12.0. The molecule has 2 heterocycles. The number of rotatable bonds is 9. The molecule has 3 N–H and O–H groups in total. The maximum absolute atomic E-state index is 12.6. The van der Waals surface area contributed by atoms with Gasteiger partial charge in [0.25, 0.3) is 5.91 Å². The summed E-state index contributed by atoms with van der Waals surface area (Å²) in [4.78, 5) is 37.8. The number of halogens is 1. The Morgan fingerprint density at radius 3 is 2.47 bits per heavy atom. The number of carbonyl (C=O) groups is 2. The molecule has 0 bridgehead atoms. The van der Waals surface area contributed by atoms with Gasteiger partial charge in [-0.15, -0.1) is 0 Å². The molecule has 1 fully saturated rings. The van der Waals surface area contributed by atoms with Gasteiger partial charge in [0.2, 0.25) is 0 Å². The van der Waals surface area contributed by atoms with Crippen LogP contribution in [0.4, 0.5) is 22.0 Å². The average Bonchev–Trinajstić information content (AvgIpc) is 2.91. The van der Waals surface area contributed by atoms with Crippen LogP contribution in [0.3, 0.4) is 0 Å². The van der Waals surface area contributed by atoms with E-state index in [0.29, 0.717) is 47.4 Å². The first kappa shape index (κ1) is 27.2. The van der Waals surface area contributed by atoms with Crippen LogP contribution in [0, 0.1) is 6.92 Å². The predicted molar refractivity (Wildman–Crippen MR) is 149 cm³/mol. The van der Waals surface area contributed by atoms with Gasteiger partial charge in [-0.1, -0.05) is 11.6 Å². The quantitative estimate of drug-likeness (QED) is 0.353. The van der Waals surface area contributed by atoms with Crippen molar-refractivity contribution in [3.8, 4) is 5.75 Å². The molecular weight excluding hydrogens is 506 g/mol. The first-order chi connectivity index (χ1) is 18.4. The first-order valence-electron chi connectivity index (χ1n) is 12.5. The Balaban J connectivity index is 1.37. The maximum Gasteiger partial charge on any atom is 0.324 e. The van der Waals surface area contributed by atoms with E-state index in [1.165, 1.54) is 6.20 Å². The van der Waals surface area contributed by atoms with Crippen molar-refractivity contribution in [3.63, 3.8) is 0 Å². The molecule has 1 aliphatic rings. The van der Waals surface area contributed by atoms with Crippen molar-refractivity contribution in [2.45, 2.75) is 13.3 Å². The highest BCUT2D eigenvalue weighted by atomic mass is 35.5. The van der Waals surface area contributed by atoms with Crippen LogP contribution in [0.25, 0.3) is 0 Å². The standard InChI is InChI=1S/C27H32ClN7O3/c1-19-17-31-25(18-30-19)33-27(37)32-23-9-8-22(35-13-11-34(2)12-14-35)16-24(23)38-15-3-10-29-26(36)20-4-6-21(28)7-5-20/h4-9,16-18H,3,10-15H2,1-2H3,(H,29,36)(H2,31,32,33,37). The van der Waals surface area contributed by atoms with Crippen LogP contribution in [0.1, 0.15) is 22.5 Å². The maximum atomic E-state index is 12.6. The second kappa shape index (κ2) is 13.1. The molecule has 11 heteroatoms. The lowest BCUT2D eigenvalue weighted by atomic mass is 10.2.